The van der Waals surface area contributed by atoms with Gasteiger partial charge in [0.1, 0.15) is 6.33 Å². The lowest BCUT2D eigenvalue weighted by molar-refractivity contribution is 1.06. The van der Waals surface area contributed by atoms with Crippen LogP contribution >= 0.6 is 11.3 Å². The van der Waals surface area contributed by atoms with E-state index in [2.05, 4.69) is 37.0 Å². The Morgan fingerprint density at radius 3 is 2.76 bits per heavy atom. The molecule has 1 aliphatic carbocycles. The molecule has 0 radical (unpaired) electrons. The van der Waals surface area contributed by atoms with Crippen molar-refractivity contribution in [1.82, 2.24) is 24.5 Å². The van der Waals surface area contributed by atoms with Gasteiger partial charge >= 0.3 is 0 Å². The molecule has 0 saturated heterocycles. The number of imidazole rings is 1. The van der Waals surface area contributed by atoms with E-state index in [0.717, 1.165) is 28.4 Å². The topological polar surface area (TPSA) is 80.5 Å². The van der Waals surface area contributed by atoms with Crippen molar-refractivity contribution in [2.24, 2.45) is 0 Å². The second kappa shape index (κ2) is 5.82. The van der Waals surface area contributed by atoms with Gasteiger partial charge in [-0.1, -0.05) is 0 Å². The van der Waals surface area contributed by atoms with Crippen molar-refractivity contribution < 1.29 is 0 Å². The van der Waals surface area contributed by atoms with Gasteiger partial charge in [0.15, 0.2) is 17.0 Å². The first-order valence-electron chi connectivity index (χ1n) is 8.08. The van der Waals surface area contributed by atoms with E-state index in [4.69, 9.17) is 4.98 Å². The van der Waals surface area contributed by atoms with Crippen molar-refractivity contribution in [1.29, 1.82) is 0 Å². The van der Waals surface area contributed by atoms with Gasteiger partial charge in [-0.15, -0.1) is 0 Å². The molecule has 1 aliphatic rings. The SMILES string of the molecule is c1cc(Nc2nc(NC3CC3)c3ncn(-c4ccsc4)c3n2)ccn1. The summed E-state index contributed by atoms with van der Waals surface area (Å²) in [6.45, 7) is 0. The van der Waals surface area contributed by atoms with Crippen LogP contribution in [0.2, 0.25) is 0 Å². The first-order chi connectivity index (χ1) is 12.4. The Kier molecular flexibility index (Phi) is 3.34. The van der Waals surface area contributed by atoms with Crippen LogP contribution < -0.4 is 10.6 Å². The number of aromatic nitrogens is 5. The van der Waals surface area contributed by atoms with Crippen LogP contribution in [0.15, 0.2) is 47.7 Å². The highest BCUT2D eigenvalue weighted by Crippen LogP contribution is 2.30. The van der Waals surface area contributed by atoms with Crippen molar-refractivity contribution in [3.05, 3.63) is 47.7 Å². The molecule has 0 unspecified atom stereocenters. The number of hydrogen-bond acceptors (Lipinski definition) is 7. The summed E-state index contributed by atoms with van der Waals surface area (Å²) < 4.78 is 1.99. The summed E-state index contributed by atoms with van der Waals surface area (Å²) in [5, 5.41) is 10.8. The average molecular weight is 349 g/mol. The Hall–Kier alpha value is -3.00. The molecule has 1 saturated carbocycles. The number of nitrogens with zero attached hydrogens (tertiary/aromatic N) is 5. The standard InChI is InChI=1S/C17H15N7S/c1-2-11(1)20-15-14-16(24(10-19-14)13-5-8-25-9-13)23-17(22-15)21-12-3-6-18-7-4-12/h3-11H,1-2H2,(H2,18,20,21,22,23). The molecule has 8 heteroatoms. The molecule has 4 aromatic rings. The maximum Gasteiger partial charge on any atom is 0.231 e. The molecule has 25 heavy (non-hydrogen) atoms. The molecule has 4 aromatic heterocycles. The molecule has 0 spiro atoms. The van der Waals surface area contributed by atoms with Gasteiger partial charge in [-0.05, 0) is 36.4 Å². The largest absolute Gasteiger partial charge is 0.365 e. The third kappa shape index (κ3) is 2.80. The zero-order chi connectivity index (χ0) is 16.6. The van der Waals surface area contributed by atoms with Crippen molar-refractivity contribution in [3.63, 3.8) is 0 Å². The Balaban J connectivity index is 1.63. The molecule has 0 bridgehead atoms. The van der Waals surface area contributed by atoms with Crippen molar-refractivity contribution in [2.75, 3.05) is 10.6 Å². The lowest BCUT2D eigenvalue weighted by atomic mass is 10.4. The second-order valence-corrected chi connectivity index (χ2v) is 6.72. The Morgan fingerprint density at radius 1 is 1.12 bits per heavy atom. The van der Waals surface area contributed by atoms with Crippen LogP contribution in [0.3, 0.4) is 0 Å². The van der Waals surface area contributed by atoms with Crippen LogP contribution in [0.1, 0.15) is 12.8 Å². The molecule has 0 aromatic carbocycles. The maximum absolute atomic E-state index is 4.70. The third-order valence-corrected chi connectivity index (χ3v) is 4.71. The van der Waals surface area contributed by atoms with E-state index in [9.17, 15) is 0 Å². The van der Waals surface area contributed by atoms with Gasteiger partial charge in [-0.3, -0.25) is 9.55 Å². The van der Waals surface area contributed by atoms with Gasteiger partial charge in [0.05, 0.1) is 5.69 Å². The molecule has 0 atom stereocenters. The van der Waals surface area contributed by atoms with Crippen LogP contribution in [0.25, 0.3) is 16.9 Å². The van der Waals surface area contributed by atoms with Gasteiger partial charge < -0.3 is 10.6 Å². The van der Waals surface area contributed by atoms with E-state index in [1.54, 1.807) is 30.1 Å². The summed E-state index contributed by atoms with van der Waals surface area (Å²) in [5.41, 5.74) is 3.53. The summed E-state index contributed by atoms with van der Waals surface area (Å²) >= 11 is 1.65. The highest BCUT2D eigenvalue weighted by atomic mass is 32.1. The van der Waals surface area contributed by atoms with E-state index >= 15 is 0 Å². The van der Waals surface area contributed by atoms with E-state index in [-0.39, 0.29) is 0 Å². The lowest BCUT2D eigenvalue weighted by Crippen LogP contribution is -2.07. The number of rotatable bonds is 5. The van der Waals surface area contributed by atoms with Gasteiger partial charge in [0.25, 0.3) is 0 Å². The number of fused-ring (bicyclic) bond motifs is 1. The summed E-state index contributed by atoms with van der Waals surface area (Å²) in [7, 11) is 0. The molecule has 4 heterocycles. The molecular weight excluding hydrogens is 334 g/mol. The summed E-state index contributed by atoms with van der Waals surface area (Å²) in [5.74, 6) is 1.32. The van der Waals surface area contributed by atoms with E-state index in [0.29, 0.717) is 12.0 Å². The number of hydrogen-bond donors (Lipinski definition) is 2. The van der Waals surface area contributed by atoms with Gasteiger partial charge in [-0.25, -0.2) is 4.98 Å². The Bertz CT molecular complexity index is 1010. The fourth-order valence-corrected chi connectivity index (χ4v) is 3.25. The predicted octanol–water partition coefficient (Wildman–Crippen LogP) is 3.59. The molecule has 7 nitrogen and oxygen atoms in total. The molecule has 0 aliphatic heterocycles. The highest BCUT2D eigenvalue weighted by Gasteiger charge is 2.24. The average Bonchev–Trinajstić information content (AvgIpc) is 3.10. The van der Waals surface area contributed by atoms with Crippen molar-refractivity contribution >= 4 is 40.0 Å². The molecule has 0 amide bonds. The van der Waals surface area contributed by atoms with Crippen molar-refractivity contribution in [2.45, 2.75) is 18.9 Å². The minimum Gasteiger partial charge on any atom is -0.365 e. The number of pyridine rings is 1. The minimum absolute atomic E-state index is 0.484. The normalized spacial score (nSPS) is 13.9. The van der Waals surface area contributed by atoms with E-state index in [1.807, 2.05) is 22.1 Å². The Morgan fingerprint density at radius 2 is 2.00 bits per heavy atom. The highest BCUT2D eigenvalue weighted by molar-refractivity contribution is 7.08. The van der Waals surface area contributed by atoms with Crippen LogP contribution in [0.5, 0.6) is 0 Å². The second-order valence-electron chi connectivity index (χ2n) is 5.94. The number of nitrogens with one attached hydrogen (secondary N) is 2. The molecule has 1 fully saturated rings. The van der Waals surface area contributed by atoms with Gasteiger partial charge in [0, 0.05) is 29.5 Å². The van der Waals surface area contributed by atoms with E-state index in [1.165, 1.54) is 12.8 Å². The maximum atomic E-state index is 4.70. The Labute approximate surface area is 147 Å². The van der Waals surface area contributed by atoms with Gasteiger partial charge in [0.2, 0.25) is 5.95 Å². The molecule has 2 N–H and O–H groups in total. The molecule has 124 valence electrons. The first kappa shape index (κ1) is 14.4. The van der Waals surface area contributed by atoms with Crippen molar-refractivity contribution in [3.8, 4) is 5.69 Å². The smallest absolute Gasteiger partial charge is 0.231 e. The fourth-order valence-electron chi connectivity index (χ4n) is 2.63. The zero-order valence-corrected chi connectivity index (χ0v) is 14.1. The van der Waals surface area contributed by atoms with Crippen LogP contribution in [0.4, 0.5) is 17.5 Å². The zero-order valence-electron chi connectivity index (χ0n) is 13.3. The summed E-state index contributed by atoms with van der Waals surface area (Å²) in [6, 6.07) is 6.31. The number of anilines is 3. The molecule has 5 rings (SSSR count). The van der Waals surface area contributed by atoms with E-state index < -0.39 is 0 Å². The predicted molar refractivity (Wildman–Crippen MR) is 98.7 cm³/mol. The molecular formula is C17H15N7S. The first-order valence-corrected chi connectivity index (χ1v) is 9.02. The monoisotopic (exact) mass is 349 g/mol. The van der Waals surface area contributed by atoms with Crippen LogP contribution in [-0.4, -0.2) is 30.5 Å². The van der Waals surface area contributed by atoms with Gasteiger partial charge in [-0.2, -0.15) is 21.3 Å². The summed E-state index contributed by atoms with van der Waals surface area (Å²) in [6.07, 6.45) is 7.61. The van der Waals surface area contributed by atoms with Crippen LogP contribution in [-0.2, 0) is 0 Å². The van der Waals surface area contributed by atoms with Crippen LogP contribution in [0, 0.1) is 0 Å². The lowest BCUT2D eigenvalue weighted by Gasteiger charge is -2.10. The third-order valence-electron chi connectivity index (χ3n) is 4.04. The fraction of sp³-hybridized carbons (Fsp3) is 0.176. The number of thiophene rings is 1. The quantitative estimate of drug-likeness (QED) is 0.573. The summed E-state index contributed by atoms with van der Waals surface area (Å²) in [4.78, 5) is 17.9. The minimum atomic E-state index is 0.484.